The molecule has 1 aliphatic rings. The van der Waals surface area contributed by atoms with Crippen molar-refractivity contribution >= 4 is 11.8 Å². The minimum atomic E-state index is -1.72. The highest BCUT2D eigenvalue weighted by Gasteiger charge is 2.36. The average molecular weight is 132 g/mol. The van der Waals surface area contributed by atoms with Crippen LogP contribution in [0.15, 0.2) is 0 Å². The smallest absolute Gasteiger partial charge is 0.273 e. The van der Waals surface area contributed by atoms with Crippen LogP contribution in [0.2, 0.25) is 0 Å². The van der Waals surface area contributed by atoms with Crippen molar-refractivity contribution in [3.8, 4) is 0 Å². The summed E-state index contributed by atoms with van der Waals surface area (Å²) in [6.45, 7) is 0. The van der Waals surface area contributed by atoms with Crippen LogP contribution in [-0.4, -0.2) is 23.0 Å². The third-order valence-electron chi connectivity index (χ3n) is 1.13. The van der Waals surface area contributed by atoms with Crippen molar-refractivity contribution < 1.29 is 14.0 Å². The second-order valence-corrected chi connectivity index (χ2v) is 1.77. The average Bonchev–Trinajstić information content (AvgIpc) is 1.98. The summed E-state index contributed by atoms with van der Waals surface area (Å²) in [7, 11) is 0. The molecule has 1 unspecified atom stereocenters. The largest absolute Gasteiger partial charge is 0.278 e. The van der Waals surface area contributed by atoms with Gasteiger partial charge in [0.25, 0.3) is 5.91 Å². The van der Waals surface area contributed by atoms with Gasteiger partial charge in [0.05, 0.1) is 6.42 Å². The maximum absolute atomic E-state index is 12.1. The zero-order chi connectivity index (χ0) is 7.02. The molecule has 0 spiro atoms. The van der Waals surface area contributed by atoms with Crippen LogP contribution in [0.4, 0.5) is 4.39 Å². The van der Waals surface area contributed by atoms with Crippen molar-refractivity contribution in [3.05, 3.63) is 0 Å². The summed E-state index contributed by atoms with van der Waals surface area (Å²) < 4.78 is 12.1. The van der Waals surface area contributed by atoms with E-state index >= 15 is 0 Å². The van der Waals surface area contributed by atoms with E-state index in [1.807, 2.05) is 0 Å². The standard InChI is InChI=1S/C4H5FN2O2/c5-2-1-3(8)7(6)4(2)9/h2H,1,6H2. The summed E-state index contributed by atoms with van der Waals surface area (Å²) >= 11 is 0. The molecular weight excluding hydrogens is 127 g/mol. The molecule has 1 atom stereocenters. The summed E-state index contributed by atoms with van der Waals surface area (Å²) in [6.07, 6.45) is -2.13. The van der Waals surface area contributed by atoms with Gasteiger partial charge in [-0.3, -0.25) is 9.59 Å². The van der Waals surface area contributed by atoms with Gasteiger partial charge in [-0.25, -0.2) is 15.2 Å². The number of imide groups is 1. The van der Waals surface area contributed by atoms with Gasteiger partial charge in [0.2, 0.25) is 5.91 Å². The van der Waals surface area contributed by atoms with Crippen molar-refractivity contribution in [1.82, 2.24) is 5.01 Å². The van der Waals surface area contributed by atoms with E-state index in [-0.39, 0.29) is 0 Å². The molecule has 0 aromatic rings. The number of carbonyl (C=O) groups excluding carboxylic acids is 2. The highest BCUT2D eigenvalue weighted by Crippen LogP contribution is 2.11. The number of nitrogens with zero attached hydrogens (tertiary/aromatic N) is 1. The Hall–Kier alpha value is -0.970. The number of hydrogen-bond donors (Lipinski definition) is 1. The number of alkyl halides is 1. The van der Waals surface area contributed by atoms with Crippen LogP contribution in [-0.2, 0) is 9.59 Å². The summed E-state index contributed by atoms with van der Waals surface area (Å²) in [6, 6.07) is 0. The molecule has 9 heavy (non-hydrogen) atoms. The van der Waals surface area contributed by atoms with E-state index in [9.17, 15) is 14.0 Å². The number of rotatable bonds is 0. The van der Waals surface area contributed by atoms with Crippen LogP contribution >= 0.6 is 0 Å². The van der Waals surface area contributed by atoms with Crippen molar-refractivity contribution in [1.29, 1.82) is 0 Å². The summed E-state index contributed by atoms with van der Waals surface area (Å²) in [5, 5.41) is 0.310. The predicted octanol–water partition coefficient (Wildman–Crippen LogP) is -1.04. The summed E-state index contributed by atoms with van der Waals surface area (Å²) in [5.74, 6) is 3.20. The highest BCUT2D eigenvalue weighted by molar-refractivity contribution is 6.04. The Kier molecular flexibility index (Phi) is 1.21. The zero-order valence-electron chi connectivity index (χ0n) is 4.50. The summed E-state index contributed by atoms with van der Waals surface area (Å²) in [4.78, 5) is 20.7. The Labute approximate surface area is 50.4 Å². The molecule has 1 rings (SSSR count). The summed E-state index contributed by atoms with van der Waals surface area (Å²) in [5.41, 5.74) is 0. The second kappa shape index (κ2) is 1.77. The molecule has 4 nitrogen and oxygen atoms in total. The minimum Gasteiger partial charge on any atom is -0.273 e. The molecule has 5 heteroatoms. The van der Waals surface area contributed by atoms with Crippen LogP contribution in [0.3, 0.4) is 0 Å². The molecule has 1 saturated heterocycles. The van der Waals surface area contributed by atoms with E-state index in [4.69, 9.17) is 5.84 Å². The molecule has 0 aromatic heterocycles. The van der Waals surface area contributed by atoms with Crippen LogP contribution in [0, 0.1) is 0 Å². The fourth-order valence-electron chi connectivity index (χ4n) is 0.613. The van der Waals surface area contributed by atoms with Gasteiger partial charge in [-0.15, -0.1) is 0 Å². The van der Waals surface area contributed by atoms with Crippen molar-refractivity contribution in [3.63, 3.8) is 0 Å². The molecule has 0 bridgehead atoms. The van der Waals surface area contributed by atoms with Crippen molar-refractivity contribution in [2.75, 3.05) is 0 Å². The molecule has 2 N–H and O–H groups in total. The van der Waals surface area contributed by atoms with Crippen LogP contribution < -0.4 is 5.84 Å². The van der Waals surface area contributed by atoms with Gasteiger partial charge in [0, 0.05) is 0 Å². The lowest BCUT2D eigenvalue weighted by Gasteiger charge is -2.01. The van der Waals surface area contributed by atoms with Crippen molar-refractivity contribution in [2.24, 2.45) is 5.84 Å². The molecule has 0 aliphatic carbocycles. The molecule has 1 heterocycles. The molecule has 2 amide bonds. The monoisotopic (exact) mass is 132 g/mol. The van der Waals surface area contributed by atoms with Gasteiger partial charge in [0.1, 0.15) is 0 Å². The first kappa shape index (κ1) is 6.15. The van der Waals surface area contributed by atoms with E-state index < -0.39 is 24.4 Å². The van der Waals surface area contributed by atoms with Gasteiger partial charge in [-0.2, -0.15) is 0 Å². The number of halogens is 1. The maximum atomic E-state index is 12.1. The SMILES string of the molecule is NN1C(=O)CC(F)C1=O. The lowest BCUT2D eigenvalue weighted by Crippen LogP contribution is -2.37. The molecular formula is C4H5FN2O2. The first-order valence-electron chi connectivity index (χ1n) is 2.38. The van der Waals surface area contributed by atoms with E-state index in [0.717, 1.165) is 0 Å². The Morgan fingerprint density at radius 2 is 2.22 bits per heavy atom. The molecule has 50 valence electrons. The molecule has 0 radical (unpaired) electrons. The van der Waals surface area contributed by atoms with Gasteiger partial charge >= 0.3 is 0 Å². The minimum absolute atomic E-state index is 0.310. The molecule has 0 saturated carbocycles. The fourth-order valence-corrected chi connectivity index (χ4v) is 0.613. The van der Waals surface area contributed by atoms with Crippen LogP contribution in [0.25, 0.3) is 0 Å². The maximum Gasteiger partial charge on any atom is 0.278 e. The lowest BCUT2D eigenvalue weighted by atomic mass is 10.3. The number of hydrogen-bond acceptors (Lipinski definition) is 3. The Bertz CT molecular complexity index is 170. The van der Waals surface area contributed by atoms with Crippen molar-refractivity contribution in [2.45, 2.75) is 12.6 Å². The quantitative estimate of drug-likeness (QED) is 0.260. The molecule has 0 aromatic carbocycles. The van der Waals surface area contributed by atoms with Gasteiger partial charge in [-0.05, 0) is 0 Å². The fraction of sp³-hybridized carbons (Fsp3) is 0.500. The molecule has 1 aliphatic heterocycles. The van der Waals surface area contributed by atoms with E-state index in [0.29, 0.717) is 5.01 Å². The first-order valence-corrected chi connectivity index (χ1v) is 2.38. The predicted molar refractivity (Wildman–Crippen MR) is 25.6 cm³/mol. The Morgan fingerprint density at radius 1 is 1.67 bits per heavy atom. The highest BCUT2D eigenvalue weighted by atomic mass is 19.1. The number of amides is 2. The van der Waals surface area contributed by atoms with Gasteiger partial charge in [0.15, 0.2) is 6.17 Å². The van der Waals surface area contributed by atoms with E-state index in [2.05, 4.69) is 0 Å². The molecule has 1 fully saturated rings. The third-order valence-corrected chi connectivity index (χ3v) is 1.13. The number of carbonyl (C=O) groups is 2. The van der Waals surface area contributed by atoms with Crippen LogP contribution in [0.5, 0.6) is 0 Å². The van der Waals surface area contributed by atoms with E-state index in [1.54, 1.807) is 0 Å². The van der Waals surface area contributed by atoms with Gasteiger partial charge < -0.3 is 0 Å². The normalized spacial score (nSPS) is 27.8. The third kappa shape index (κ3) is 0.787. The van der Waals surface area contributed by atoms with E-state index in [1.165, 1.54) is 0 Å². The first-order chi connectivity index (χ1) is 4.13. The second-order valence-electron chi connectivity index (χ2n) is 1.77. The lowest BCUT2D eigenvalue weighted by molar-refractivity contribution is -0.139. The van der Waals surface area contributed by atoms with Gasteiger partial charge in [-0.1, -0.05) is 0 Å². The zero-order valence-corrected chi connectivity index (χ0v) is 4.50. The number of nitrogens with two attached hydrogens (primary N) is 1. The Morgan fingerprint density at radius 3 is 2.33 bits per heavy atom. The number of hydrazine groups is 1. The Balaban J connectivity index is 2.77. The topological polar surface area (TPSA) is 63.4 Å². The van der Waals surface area contributed by atoms with Crippen LogP contribution in [0.1, 0.15) is 6.42 Å².